The van der Waals surface area contributed by atoms with Crippen LogP contribution in [-0.2, 0) is 16.4 Å². The van der Waals surface area contributed by atoms with E-state index < -0.39 is 9.84 Å². The smallest absolute Gasteiger partial charge is 0.175 e. The molecule has 0 saturated heterocycles. The summed E-state index contributed by atoms with van der Waals surface area (Å²) < 4.78 is 29.1. The van der Waals surface area contributed by atoms with E-state index in [0.717, 1.165) is 22.4 Å². The molecule has 0 aromatic heterocycles. The van der Waals surface area contributed by atoms with Crippen molar-refractivity contribution in [1.29, 1.82) is 0 Å². The molecule has 4 heteroatoms. The minimum Gasteiger partial charge on any atom is -0.488 e. The van der Waals surface area contributed by atoms with Crippen molar-refractivity contribution in [2.45, 2.75) is 11.5 Å². The molecule has 0 N–H and O–H groups in total. The minimum absolute atomic E-state index is 0.314. The third-order valence-electron chi connectivity index (χ3n) is 3.72. The van der Waals surface area contributed by atoms with Crippen molar-refractivity contribution in [3.63, 3.8) is 0 Å². The van der Waals surface area contributed by atoms with Gasteiger partial charge in [-0.1, -0.05) is 60.7 Å². The van der Waals surface area contributed by atoms with Crippen molar-refractivity contribution in [2.24, 2.45) is 0 Å². The highest BCUT2D eigenvalue weighted by molar-refractivity contribution is 7.90. The first kappa shape index (κ1) is 16.3. The second-order valence-corrected chi connectivity index (χ2v) is 7.58. The standard InChI is InChI=1S/C20H18O3S/c1-24(21,22)18-13-11-17(12-14-18)19-9-5-6-10-20(19)23-15-16-7-3-2-4-8-16/h2-14H,15H2,1H3. The zero-order valence-electron chi connectivity index (χ0n) is 13.3. The average molecular weight is 338 g/mol. The molecule has 0 atom stereocenters. The van der Waals surface area contributed by atoms with Crippen LogP contribution in [0.5, 0.6) is 5.75 Å². The van der Waals surface area contributed by atoms with Crippen molar-refractivity contribution in [1.82, 2.24) is 0 Å². The van der Waals surface area contributed by atoms with Crippen LogP contribution in [0.25, 0.3) is 11.1 Å². The van der Waals surface area contributed by atoms with Crippen LogP contribution in [0.4, 0.5) is 0 Å². The lowest BCUT2D eigenvalue weighted by atomic mass is 10.0. The maximum Gasteiger partial charge on any atom is 0.175 e. The Balaban J connectivity index is 1.86. The summed E-state index contributed by atoms with van der Waals surface area (Å²) in [4.78, 5) is 0.314. The molecular weight excluding hydrogens is 320 g/mol. The van der Waals surface area contributed by atoms with Crippen LogP contribution in [0, 0.1) is 0 Å². The highest BCUT2D eigenvalue weighted by Crippen LogP contribution is 2.31. The van der Waals surface area contributed by atoms with Gasteiger partial charge in [-0.05, 0) is 29.3 Å². The van der Waals surface area contributed by atoms with E-state index in [9.17, 15) is 8.42 Å². The van der Waals surface area contributed by atoms with Gasteiger partial charge in [0.1, 0.15) is 12.4 Å². The van der Waals surface area contributed by atoms with Crippen molar-refractivity contribution < 1.29 is 13.2 Å². The molecule has 3 aromatic rings. The maximum atomic E-state index is 11.6. The third-order valence-corrected chi connectivity index (χ3v) is 4.85. The number of ether oxygens (including phenoxy) is 1. The second-order valence-electron chi connectivity index (χ2n) is 5.57. The highest BCUT2D eigenvalue weighted by Gasteiger charge is 2.09. The number of para-hydroxylation sites is 1. The molecule has 0 radical (unpaired) electrons. The van der Waals surface area contributed by atoms with Gasteiger partial charge in [-0.2, -0.15) is 0 Å². The number of hydrogen-bond acceptors (Lipinski definition) is 3. The first-order valence-corrected chi connectivity index (χ1v) is 9.49. The molecule has 24 heavy (non-hydrogen) atoms. The fourth-order valence-corrected chi connectivity index (χ4v) is 3.08. The van der Waals surface area contributed by atoms with Gasteiger partial charge in [0.2, 0.25) is 0 Å². The van der Waals surface area contributed by atoms with Gasteiger partial charge < -0.3 is 4.74 Å². The van der Waals surface area contributed by atoms with E-state index in [4.69, 9.17) is 4.74 Å². The SMILES string of the molecule is CS(=O)(=O)c1ccc(-c2ccccc2OCc2ccccc2)cc1. The Labute approximate surface area is 142 Å². The van der Waals surface area contributed by atoms with Gasteiger partial charge >= 0.3 is 0 Å². The Kier molecular flexibility index (Phi) is 4.67. The molecular formula is C20H18O3S. The molecule has 0 aliphatic carbocycles. The van der Waals surface area contributed by atoms with Gasteiger partial charge in [0, 0.05) is 11.8 Å². The van der Waals surface area contributed by atoms with E-state index in [1.54, 1.807) is 24.3 Å². The van der Waals surface area contributed by atoms with Gasteiger partial charge in [0.15, 0.2) is 9.84 Å². The summed E-state index contributed by atoms with van der Waals surface area (Å²) in [5, 5.41) is 0. The number of benzene rings is 3. The molecule has 0 aliphatic rings. The van der Waals surface area contributed by atoms with E-state index in [2.05, 4.69) is 0 Å². The molecule has 3 rings (SSSR count). The molecule has 0 fully saturated rings. The lowest BCUT2D eigenvalue weighted by Crippen LogP contribution is -1.98. The Hall–Kier alpha value is -2.59. The zero-order chi connectivity index (χ0) is 17.0. The third kappa shape index (κ3) is 3.84. The predicted octanol–water partition coefficient (Wildman–Crippen LogP) is 4.34. The Morgan fingerprint density at radius 1 is 0.792 bits per heavy atom. The van der Waals surface area contributed by atoms with E-state index >= 15 is 0 Å². The largest absolute Gasteiger partial charge is 0.488 e. The normalized spacial score (nSPS) is 11.2. The molecule has 122 valence electrons. The second kappa shape index (κ2) is 6.89. The molecule has 3 nitrogen and oxygen atoms in total. The van der Waals surface area contributed by atoms with Crippen molar-refractivity contribution >= 4 is 9.84 Å². The fraction of sp³-hybridized carbons (Fsp3) is 0.100. The van der Waals surface area contributed by atoms with E-state index in [1.165, 1.54) is 6.26 Å². The Bertz CT molecular complexity index is 915. The van der Waals surface area contributed by atoms with Crippen LogP contribution in [0.2, 0.25) is 0 Å². The summed E-state index contributed by atoms with van der Waals surface area (Å²) in [5.41, 5.74) is 2.96. The van der Waals surface area contributed by atoms with Crippen LogP contribution < -0.4 is 4.74 Å². The quantitative estimate of drug-likeness (QED) is 0.695. The van der Waals surface area contributed by atoms with Crippen LogP contribution >= 0.6 is 0 Å². The van der Waals surface area contributed by atoms with Crippen LogP contribution in [0.15, 0.2) is 83.8 Å². The van der Waals surface area contributed by atoms with E-state index in [1.807, 2.05) is 54.6 Å². The fourth-order valence-electron chi connectivity index (χ4n) is 2.45. The summed E-state index contributed by atoms with van der Waals surface area (Å²) >= 11 is 0. The van der Waals surface area contributed by atoms with Crippen molar-refractivity contribution in [2.75, 3.05) is 6.26 Å². The van der Waals surface area contributed by atoms with Crippen LogP contribution in [-0.4, -0.2) is 14.7 Å². The average Bonchev–Trinajstić information content (AvgIpc) is 2.60. The summed E-state index contributed by atoms with van der Waals surface area (Å²) in [6, 6.07) is 24.6. The lowest BCUT2D eigenvalue weighted by molar-refractivity contribution is 0.307. The molecule has 3 aromatic carbocycles. The molecule has 0 bridgehead atoms. The van der Waals surface area contributed by atoms with Gasteiger partial charge in [-0.25, -0.2) is 8.42 Å². The summed E-state index contributed by atoms with van der Waals surface area (Å²) in [6.45, 7) is 0.485. The zero-order valence-corrected chi connectivity index (χ0v) is 14.2. The van der Waals surface area contributed by atoms with Crippen LogP contribution in [0.3, 0.4) is 0 Å². The molecule has 0 heterocycles. The van der Waals surface area contributed by atoms with E-state index in [-0.39, 0.29) is 0 Å². The summed E-state index contributed by atoms with van der Waals surface area (Å²) in [6.07, 6.45) is 1.21. The Morgan fingerprint density at radius 3 is 2.08 bits per heavy atom. The molecule has 0 aliphatic heterocycles. The monoisotopic (exact) mass is 338 g/mol. The van der Waals surface area contributed by atoms with Gasteiger partial charge in [0.25, 0.3) is 0 Å². The van der Waals surface area contributed by atoms with E-state index in [0.29, 0.717) is 11.5 Å². The molecule has 0 unspecified atom stereocenters. The van der Waals surface area contributed by atoms with Gasteiger partial charge in [-0.3, -0.25) is 0 Å². The number of hydrogen-bond donors (Lipinski definition) is 0. The topological polar surface area (TPSA) is 43.4 Å². The first-order chi connectivity index (χ1) is 11.5. The number of sulfone groups is 1. The predicted molar refractivity (Wildman–Crippen MR) is 95.8 cm³/mol. The maximum absolute atomic E-state index is 11.6. The number of rotatable bonds is 5. The van der Waals surface area contributed by atoms with Gasteiger partial charge in [-0.15, -0.1) is 0 Å². The Morgan fingerprint density at radius 2 is 1.42 bits per heavy atom. The van der Waals surface area contributed by atoms with Gasteiger partial charge in [0.05, 0.1) is 4.90 Å². The van der Waals surface area contributed by atoms with Crippen molar-refractivity contribution in [3.05, 3.63) is 84.4 Å². The van der Waals surface area contributed by atoms with Crippen molar-refractivity contribution in [3.8, 4) is 16.9 Å². The lowest BCUT2D eigenvalue weighted by Gasteiger charge is -2.12. The molecule has 0 amide bonds. The molecule has 0 saturated carbocycles. The summed E-state index contributed by atoms with van der Waals surface area (Å²) in [5.74, 6) is 0.772. The minimum atomic E-state index is -3.19. The summed E-state index contributed by atoms with van der Waals surface area (Å²) in [7, 11) is -3.19. The molecule has 0 spiro atoms. The first-order valence-electron chi connectivity index (χ1n) is 7.60. The highest BCUT2D eigenvalue weighted by atomic mass is 32.2. The van der Waals surface area contributed by atoms with Crippen LogP contribution in [0.1, 0.15) is 5.56 Å².